The lowest BCUT2D eigenvalue weighted by atomic mass is 10.1. The van der Waals surface area contributed by atoms with Gasteiger partial charge in [-0.1, -0.05) is 18.2 Å². The van der Waals surface area contributed by atoms with Gasteiger partial charge in [-0.15, -0.1) is 0 Å². The van der Waals surface area contributed by atoms with E-state index in [0.717, 1.165) is 28.0 Å². The van der Waals surface area contributed by atoms with Gasteiger partial charge in [0.05, 0.1) is 17.1 Å². The molecule has 0 aliphatic heterocycles. The number of carbonyl (C=O) groups excluding carboxylic acids is 1. The number of nitrogens with zero attached hydrogens (tertiary/aromatic N) is 1. The summed E-state index contributed by atoms with van der Waals surface area (Å²) in [4.78, 5) is 16.9. The Kier molecular flexibility index (Phi) is 3.67. The number of hydrogen-bond donors (Lipinski definition) is 1. The number of furan rings is 1. The number of benzene rings is 1. The minimum absolute atomic E-state index is 0.107. The molecule has 1 unspecified atom stereocenters. The van der Waals surface area contributed by atoms with Crippen LogP contribution in [0, 0.1) is 13.8 Å². The monoisotopic (exact) mass is 294 g/mol. The fourth-order valence-corrected chi connectivity index (χ4v) is 2.73. The number of aryl methyl sites for hydroxylation is 2. The van der Waals surface area contributed by atoms with Crippen molar-refractivity contribution in [1.82, 2.24) is 10.3 Å². The number of pyridine rings is 1. The third-order valence-corrected chi connectivity index (χ3v) is 3.79. The van der Waals surface area contributed by atoms with E-state index in [0.29, 0.717) is 5.56 Å². The molecule has 0 fully saturated rings. The Morgan fingerprint density at radius 2 is 2.00 bits per heavy atom. The summed E-state index contributed by atoms with van der Waals surface area (Å²) < 4.78 is 5.53. The van der Waals surface area contributed by atoms with Gasteiger partial charge in [0.25, 0.3) is 5.91 Å². The molecule has 0 saturated heterocycles. The van der Waals surface area contributed by atoms with Crippen molar-refractivity contribution in [3.8, 4) is 0 Å². The van der Waals surface area contributed by atoms with Gasteiger partial charge in [0.2, 0.25) is 0 Å². The number of fused-ring (bicyclic) bond motifs is 1. The zero-order valence-electron chi connectivity index (χ0n) is 12.9. The number of amides is 1. The minimum atomic E-state index is -0.114. The summed E-state index contributed by atoms with van der Waals surface area (Å²) in [5.41, 5.74) is 2.46. The highest BCUT2D eigenvalue weighted by atomic mass is 16.3. The SMILES string of the molecule is Cc1cc(C(C)NC(=O)c2ccnc3ccccc23)c(C)o1. The van der Waals surface area contributed by atoms with E-state index in [1.807, 2.05) is 51.1 Å². The zero-order valence-corrected chi connectivity index (χ0v) is 12.9. The van der Waals surface area contributed by atoms with Crippen LogP contribution in [0.5, 0.6) is 0 Å². The fourth-order valence-electron chi connectivity index (χ4n) is 2.73. The summed E-state index contributed by atoms with van der Waals surface area (Å²) in [5, 5.41) is 3.89. The molecule has 2 aromatic heterocycles. The molecule has 0 aliphatic rings. The van der Waals surface area contributed by atoms with Crippen LogP contribution in [0.2, 0.25) is 0 Å². The average Bonchev–Trinajstić information content (AvgIpc) is 2.85. The first kappa shape index (κ1) is 14.3. The van der Waals surface area contributed by atoms with Crippen LogP contribution in [-0.4, -0.2) is 10.9 Å². The van der Waals surface area contributed by atoms with Gasteiger partial charge in [-0.25, -0.2) is 0 Å². The predicted octanol–water partition coefficient (Wildman–Crippen LogP) is 3.94. The highest BCUT2D eigenvalue weighted by Crippen LogP contribution is 2.22. The van der Waals surface area contributed by atoms with Gasteiger partial charge in [0.1, 0.15) is 11.5 Å². The van der Waals surface area contributed by atoms with Crippen molar-refractivity contribution < 1.29 is 9.21 Å². The van der Waals surface area contributed by atoms with Gasteiger partial charge in [-0.05, 0) is 39.0 Å². The van der Waals surface area contributed by atoms with Crippen molar-refractivity contribution in [3.05, 3.63) is 65.2 Å². The van der Waals surface area contributed by atoms with Crippen LogP contribution in [0.3, 0.4) is 0 Å². The number of nitrogens with one attached hydrogen (secondary N) is 1. The van der Waals surface area contributed by atoms with E-state index in [9.17, 15) is 4.79 Å². The van der Waals surface area contributed by atoms with Crippen LogP contribution < -0.4 is 5.32 Å². The zero-order chi connectivity index (χ0) is 15.7. The van der Waals surface area contributed by atoms with Gasteiger partial charge < -0.3 is 9.73 Å². The van der Waals surface area contributed by atoms with E-state index in [-0.39, 0.29) is 11.9 Å². The average molecular weight is 294 g/mol. The van der Waals surface area contributed by atoms with Gasteiger partial charge in [-0.3, -0.25) is 9.78 Å². The summed E-state index contributed by atoms with van der Waals surface area (Å²) in [7, 11) is 0. The summed E-state index contributed by atoms with van der Waals surface area (Å²) in [6, 6.07) is 11.2. The largest absolute Gasteiger partial charge is 0.466 e. The number of aromatic nitrogens is 1. The van der Waals surface area contributed by atoms with E-state index in [1.54, 1.807) is 12.3 Å². The van der Waals surface area contributed by atoms with Crippen molar-refractivity contribution in [2.24, 2.45) is 0 Å². The minimum Gasteiger partial charge on any atom is -0.466 e. The van der Waals surface area contributed by atoms with Crippen LogP contribution in [0.15, 0.2) is 47.0 Å². The van der Waals surface area contributed by atoms with Crippen molar-refractivity contribution in [1.29, 1.82) is 0 Å². The van der Waals surface area contributed by atoms with Gasteiger partial charge in [0, 0.05) is 17.1 Å². The molecule has 0 saturated carbocycles. The van der Waals surface area contributed by atoms with E-state index < -0.39 is 0 Å². The van der Waals surface area contributed by atoms with Gasteiger partial charge in [-0.2, -0.15) is 0 Å². The molecule has 1 N–H and O–H groups in total. The lowest BCUT2D eigenvalue weighted by Crippen LogP contribution is -2.27. The third-order valence-electron chi connectivity index (χ3n) is 3.79. The molecule has 0 bridgehead atoms. The molecule has 0 aliphatic carbocycles. The van der Waals surface area contributed by atoms with Crippen molar-refractivity contribution in [2.75, 3.05) is 0 Å². The van der Waals surface area contributed by atoms with E-state index in [1.165, 1.54) is 0 Å². The van der Waals surface area contributed by atoms with Crippen LogP contribution in [0.1, 0.15) is 40.4 Å². The molecule has 2 heterocycles. The first-order valence-corrected chi connectivity index (χ1v) is 7.28. The quantitative estimate of drug-likeness (QED) is 0.796. The van der Waals surface area contributed by atoms with Crippen molar-refractivity contribution >= 4 is 16.8 Å². The molecule has 0 spiro atoms. The molecule has 3 rings (SSSR count). The molecular formula is C18H18N2O2. The summed E-state index contributed by atoms with van der Waals surface area (Å²) in [6.45, 7) is 5.77. The fraction of sp³-hybridized carbons (Fsp3) is 0.222. The standard InChI is InChI=1S/C18H18N2O2/c1-11-10-16(13(3)22-11)12(2)20-18(21)15-8-9-19-17-7-5-4-6-14(15)17/h4-10,12H,1-3H3,(H,20,21). The van der Waals surface area contributed by atoms with E-state index in [4.69, 9.17) is 4.42 Å². The third kappa shape index (κ3) is 2.60. The molecule has 0 radical (unpaired) electrons. The molecule has 4 nitrogen and oxygen atoms in total. The van der Waals surface area contributed by atoms with E-state index >= 15 is 0 Å². The topological polar surface area (TPSA) is 55.1 Å². The Balaban J connectivity index is 1.89. The maximum atomic E-state index is 12.6. The number of rotatable bonds is 3. The molecule has 22 heavy (non-hydrogen) atoms. The molecule has 1 aromatic carbocycles. The summed E-state index contributed by atoms with van der Waals surface area (Å²) in [5.74, 6) is 1.58. The number of para-hydroxylation sites is 1. The van der Waals surface area contributed by atoms with Crippen LogP contribution >= 0.6 is 0 Å². The highest BCUT2D eigenvalue weighted by molar-refractivity contribution is 6.06. The highest BCUT2D eigenvalue weighted by Gasteiger charge is 2.17. The summed E-state index contributed by atoms with van der Waals surface area (Å²) in [6.07, 6.45) is 1.66. The maximum absolute atomic E-state index is 12.6. The number of hydrogen-bond acceptors (Lipinski definition) is 3. The van der Waals surface area contributed by atoms with Crippen molar-refractivity contribution in [3.63, 3.8) is 0 Å². The Bertz CT molecular complexity index is 831. The maximum Gasteiger partial charge on any atom is 0.252 e. The Hall–Kier alpha value is -2.62. The molecule has 4 heteroatoms. The molecule has 3 aromatic rings. The first-order chi connectivity index (χ1) is 10.6. The Morgan fingerprint density at radius 1 is 1.23 bits per heavy atom. The van der Waals surface area contributed by atoms with Crippen LogP contribution in [-0.2, 0) is 0 Å². The smallest absolute Gasteiger partial charge is 0.252 e. The second kappa shape index (κ2) is 5.64. The normalized spacial score (nSPS) is 12.3. The van der Waals surface area contributed by atoms with Gasteiger partial charge in [0.15, 0.2) is 0 Å². The lowest BCUT2D eigenvalue weighted by molar-refractivity contribution is 0.0941. The number of carbonyl (C=O) groups is 1. The second-order valence-electron chi connectivity index (χ2n) is 5.44. The van der Waals surface area contributed by atoms with Crippen LogP contribution in [0.25, 0.3) is 10.9 Å². The second-order valence-corrected chi connectivity index (χ2v) is 5.44. The molecule has 1 amide bonds. The molecular weight excluding hydrogens is 276 g/mol. The Morgan fingerprint density at radius 3 is 2.73 bits per heavy atom. The van der Waals surface area contributed by atoms with Gasteiger partial charge >= 0.3 is 0 Å². The summed E-state index contributed by atoms with van der Waals surface area (Å²) >= 11 is 0. The first-order valence-electron chi connectivity index (χ1n) is 7.28. The Labute approximate surface area is 129 Å². The van der Waals surface area contributed by atoms with Crippen molar-refractivity contribution in [2.45, 2.75) is 26.8 Å². The predicted molar refractivity (Wildman–Crippen MR) is 85.8 cm³/mol. The molecule has 1 atom stereocenters. The van der Waals surface area contributed by atoms with E-state index in [2.05, 4.69) is 10.3 Å². The van der Waals surface area contributed by atoms with Crippen LogP contribution in [0.4, 0.5) is 0 Å². The lowest BCUT2D eigenvalue weighted by Gasteiger charge is -2.14. The molecule has 112 valence electrons.